The summed E-state index contributed by atoms with van der Waals surface area (Å²) >= 11 is 12.2. The third-order valence-corrected chi connectivity index (χ3v) is 5.05. The lowest BCUT2D eigenvalue weighted by atomic mass is 10.1. The van der Waals surface area contributed by atoms with E-state index in [0.29, 0.717) is 28.3 Å². The second-order valence-corrected chi connectivity index (χ2v) is 7.46. The summed E-state index contributed by atoms with van der Waals surface area (Å²) in [5, 5.41) is 16.5. The van der Waals surface area contributed by atoms with Crippen LogP contribution >= 0.6 is 23.2 Å². The number of aromatic nitrogens is 4. The van der Waals surface area contributed by atoms with Gasteiger partial charge in [-0.15, -0.1) is 0 Å². The van der Waals surface area contributed by atoms with Crippen molar-refractivity contribution in [3.63, 3.8) is 0 Å². The molecule has 152 valence electrons. The van der Waals surface area contributed by atoms with Gasteiger partial charge in [-0.25, -0.2) is 0 Å². The zero-order valence-electron chi connectivity index (χ0n) is 16.0. The smallest absolute Gasteiger partial charge is 0.345 e. The first-order chi connectivity index (χ1) is 14.7. The SMILES string of the molecule is Clc1ccc(CCNCc2cccc(Oc3nnnn3-c3ccccc3)c2)c(Cl)c1. The van der Waals surface area contributed by atoms with Crippen LogP contribution in [0.15, 0.2) is 72.8 Å². The van der Waals surface area contributed by atoms with Gasteiger partial charge in [-0.05, 0) is 70.9 Å². The molecule has 1 aromatic heterocycles. The molecule has 0 aliphatic rings. The molecule has 1 N–H and O–H groups in total. The first-order valence-corrected chi connectivity index (χ1v) is 10.2. The predicted molar refractivity (Wildman–Crippen MR) is 118 cm³/mol. The minimum absolute atomic E-state index is 0.309. The Morgan fingerprint density at radius 3 is 2.63 bits per heavy atom. The normalized spacial score (nSPS) is 10.9. The number of nitrogens with one attached hydrogen (secondary N) is 1. The van der Waals surface area contributed by atoms with Gasteiger partial charge in [0.15, 0.2) is 0 Å². The maximum absolute atomic E-state index is 6.22. The van der Waals surface area contributed by atoms with Crippen LogP contribution in [0, 0.1) is 0 Å². The number of tetrazole rings is 1. The van der Waals surface area contributed by atoms with Crippen molar-refractivity contribution in [3.05, 3.63) is 94.0 Å². The molecule has 0 aliphatic heterocycles. The molecule has 6 nitrogen and oxygen atoms in total. The highest BCUT2D eigenvalue weighted by molar-refractivity contribution is 6.35. The highest BCUT2D eigenvalue weighted by atomic mass is 35.5. The summed E-state index contributed by atoms with van der Waals surface area (Å²) in [6.45, 7) is 1.49. The molecule has 4 aromatic rings. The molecule has 0 saturated carbocycles. The molecule has 0 amide bonds. The predicted octanol–water partition coefficient (Wildman–Crippen LogP) is 5.09. The Hall–Kier alpha value is -2.93. The lowest BCUT2D eigenvalue weighted by Crippen LogP contribution is -2.16. The van der Waals surface area contributed by atoms with E-state index < -0.39 is 0 Å². The third-order valence-electron chi connectivity index (χ3n) is 4.46. The number of hydrogen-bond acceptors (Lipinski definition) is 5. The summed E-state index contributed by atoms with van der Waals surface area (Å²) in [6.07, 6.45) is 0.818. The number of benzene rings is 3. The van der Waals surface area contributed by atoms with Gasteiger partial charge in [0.2, 0.25) is 0 Å². The highest BCUT2D eigenvalue weighted by Gasteiger charge is 2.10. The van der Waals surface area contributed by atoms with Crippen molar-refractivity contribution in [2.75, 3.05) is 6.54 Å². The van der Waals surface area contributed by atoms with E-state index in [4.69, 9.17) is 27.9 Å². The number of hydrogen-bond donors (Lipinski definition) is 1. The Morgan fingerprint density at radius 2 is 1.80 bits per heavy atom. The fourth-order valence-electron chi connectivity index (χ4n) is 2.98. The molecule has 0 unspecified atom stereocenters. The molecule has 4 rings (SSSR count). The molecule has 0 saturated heterocycles. The Bertz CT molecular complexity index is 1120. The van der Waals surface area contributed by atoms with Gasteiger partial charge in [-0.2, -0.15) is 4.68 Å². The standard InChI is InChI=1S/C22H19Cl2N5O/c23-18-10-9-17(21(24)14-18)11-12-25-15-16-5-4-8-20(13-16)30-22-26-27-28-29(22)19-6-2-1-3-7-19/h1-10,13-14,25H,11-12,15H2. The van der Waals surface area contributed by atoms with E-state index in [0.717, 1.165) is 29.8 Å². The van der Waals surface area contributed by atoms with Crippen LogP contribution in [0.1, 0.15) is 11.1 Å². The second-order valence-electron chi connectivity index (χ2n) is 6.62. The van der Waals surface area contributed by atoms with Crippen LogP contribution in [0.5, 0.6) is 11.8 Å². The lowest BCUT2D eigenvalue weighted by Gasteiger charge is -2.09. The van der Waals surface area contributed by atoms with Crippen LogP contribution in [0.4, 0.5) is 0 Å². The van der Waals surface area contributed by atoms with Gasteiger partial charge in [0.05, 0.1) is 5.69 Å². The van der Waals surface area contributed by atoms with Crippen molar-refractivity contribution < 1.29 is 4.74 Å². The van der Waals surface area contributed by atoms with Gasteiger partial charge in [-0.1, -0.05) is 64.7 Å². The van der Waals surface area contributed by atoms with Gasteiger partial charge < -0.3 is 10.1 Å². The molecule has 1 heterocycles. The summed E-state index contributed by atoms with van der Waals surface area (Å²) < 4.78 is 7.47. The van der Waals surface area contributed by atoms with Crippen molar-refractivity contribution in [2.45, 2.75) is 13.0 Å². The van der Waals surface area contributed by atoms with Gasteiger partial charge >= 0.3 is 6.01 Å². The molecule has 0 aliphatic carbocycles. The highest BCUT2D eigenvalue weighted by Crippen LogP contribution is 2.23. The molecule has 0 radical (unpaired) electrons. The Balaban J connectivity index is 1.35. The minimum Gasteiger partial charge on any atom is -0.423 e. The van der Waals surface area contributed by atoms with Crippen LogP contribution in [0.25, 0.3) is 5.69 Å². The van der Waals surface area contributed by atoms with Crippen molar-refractivity contribution in [1.29, 1.82) is 0 Å². The molecule has 3 aromatic carbocycles. The maximum atomic E-state index is 6.22. The number of halogens is 2. The first kappa shape index (κ1) is 20.3. The summed E-state index contributed by atoms with van der Waals surface area (Å²) in [7, 11) is 0. The van der Waals surface area contributed by atoms with Gasteiger partial charge in [0.1, 0.15) is 5.75 Å². The van der Waals surface area contributed by atoms with Gasteiger partial charge in [-0.3, -0.25) is 0 Å². The van der Waals surface area contributed by atoms with Gasteiger partial charge in [0, 0.05) is 16.6 Å². The largest absolute Gasteiger partial charge is 0.423 e. The van der Waals surface area contributed by atoms with Crippen molar-refractivity contribution in [1.82, 2.24) is 25.5 Å². The molecular formula is C22H19Cl2N5O. The minimum atomic E-state index is 0.309. The molecule has 30 heavy (non-hydrogen) atoms. The maximum Gasteiger partial charge on any atom is 0.345 e. The zero-order chi connectivity index (χ0) is 20.8. The summed E-state index contributed by atoms with van der Waals surface area (Å²) in [5.74, 6) is 0.669. The summed E-state index contributed by atoms with van der Waals surface area (Å²) in [6, 6.07) is 23.3. The van der Waals surface area contributed by atoms with Crippen molar-refractivity contribution in [2.24, 2.45) is 0 Å². The van der Waals surface area contributed by atoms with Crippen LogP contribution < -0.4 is 10.1 Å². The monoisotopic (exact) mass is 439 g/mol. The van der Waals surface area contributed by atoms with Crippen LogP contribution in [-0.2, 0) is 13.0 Å². The van der Waals surface area contributed by atoms with Gasteiger partial charge in [0.25, 0.3) is 0 Å². The van der Waals surface area contributed by atoms with E-state index in [1.165, 1.54) is 0 Å². The fraction of sp³-hybridized carbons (Fsp3) is 0.136. The Morgan fingerprint density at radius 1 is 0.933 bits per heavy atom. The Kier molecular flexibility index (Phi) is 6.59. The first-order valence-electron chi connectivity index (χ1n) is 9.44. The zero-order valence-corrected chi connectivity index (χ0v) is 17.5. The molecule has 0 spiro atoms. The quantitative estimate of drug-likeness (QED) is 0.387. The lowest BCUT2D eigenvalue weighted by molar-refractivity contribution is 0.426. The Labute approximate surface area is 184 Å². The number of nitrogens with zero attached hydrogens (tertiary/aromatic N) is 4. The van der Waals surface area contributed by atoms with E-state index in [9.17, 15) is 0 Å². The van der Waals surface area contributed by atoms with Crippen LogP contribution in [-0.4, -0.2) is 26.8 Å². The van der Waals surface area contributed by atoms with Crippen molar-refractivity contribution in [3.8, 4) is 17.4 Å². The van der Waals surface area contributed by atoms with Crippen LogP contribution in [0.2, 0.25) is 10.0 Å². The summed E-state index contributed by atoms with van der Waals surface area (Å²) in [4.78, 5) is 0. The van der Waals surface area contributed by atoms with E-state index in [-0.39, 0.29) is 0 Å². The molecule has 8 heteroatoms. The van der Waals surface area contributed by atoms with E-state index in [1.807, 2.05) is 66.7 Å². The van der Waals surface area contributed by atoms with Crippen LogP contribution in [0.3, 0.4) is 0 Å². The van der Waals surface area contributed by atoms with E-state index in [2.05, 4.69) is 20.8 Å². The van der Waals surface area contributed by atoms with Crippen molar-refractivity contribution >= 4 is 23.2 Å². The number of para-hydroxylation sites is 1. The molecule has 0 atom stereocenters. The molecular weight excluding hydrogens is 421 g/mol. The molecule has 0 bridgehead atoms. The number of ether oxygens (including phenoxy) is 1. The third kappa shape index (κ3) is 5.16. The topological polar surface area (TPSA) is 64.9 Å². The number of rotatable bonds is 8. The summed E-state index contributed by atoms with van der Waals surface area (Å²) in [5.41, 5.74) is 2.99. The average molecular weight is 440 g/mol. The van der Waals surface area contributed by atoms with E-state index >= 15 is 0 Å². The fourth-order valence-corrected chi connectivity index (χ4v) is 3.48. The second kappa shape index (κ2) is 9.71. The van der Waals surface area contributed by atoms with E-state index in [1.54, 1.807) is 10.7 Å². The molecule has 0 fully saturated rings. The average Bonchev–Trinajstić information content (AvgIpc) is 3.21.